The minimum absolute atomic E-state index is 0.00375. The van der Waals surface area contributed by atoms with E-state index < -0.39 is 0 Å². The molecule has 3 heteroatoms. The first-order chi connectivity index (χ1) is 8.13. The first-order valence-electron chi connectivity index (χ1n) is 6.21. The third kappa shape index (κ3) is 5.00. The number of hydrogen-bond donors (Lipinski definition) is 2. The average molecular weight is 234 g/mol. The van der Waals surface area contributed by atoms with Crippen molar-refractivity contribution in [3.05, 3.63) is 35.4 Å². The van der Waals surface area contributed by atoms with Crippen LogP contribution in [0.1, 0.15) is 36.2 Å². The van der Waals surface area contributed by atoms with Crippen LogP contribution in [0.4, 0.5) is 0 Å². The molecule has 0 aliphatic rings. The fourth-order valence-electron chi connectivity index (χ4n) is 1.45. The Morgan fingerprint density at radius 2 is 1.88 bits per heavy atom. The van der Waals surface area contributed by atoms with Crippen molar-refractivity contribution in [2.45, 2.75) is 33.2 Å². The lowest BCUT2D eigenvalue weighted by atomic mass is 10.1. The van der Waals surface area contributed by atoms with Crippen LogP contribution in [0.2, 0.25) is 0 Å². The van der Waals surface area contributed by atoms with Gasteiger partial charge in [-0.25, -0.2) is 0 Å². The van der Waals surface area contributed by atoms with Crippen LogP contribution in [0.5, 0.6) is 0 Å². The van der Waals surface area contributed by atoms with Crippen LogP contribution in [0.25, 0.3) is 0 Å². The van der Waals surface area contributed by atoms with Crippen molar-refractivity contribution in [3.63, 3.8) is 0 Å². The highest BCUT2D eigenvalue weighted by molar-refractivity contribution is 5.94. The number of aryl methyl sites for hydroxylation is 1. The van der Waals surface area contributed by atoms with Crippen LogP contribution in [0.3, 0.4) is 0 Å². The van der Waals surface area contributed by atoms with E-state index in [4.69, 9.17) is 0 Å². The second-order valence-electron chi connectivity index (χ2n) is 4.39. The quantitative estimate of drug-likeness (QED) is 0.740. The molecule has 0 spiro atoms. The highest BCUT2D eigenvalue weighted by Crippen LogP contribution is 2.02. The number of nitrogens with one attached hydrogen (secondary N) is 2. The van der Waals surface area contributed by atoms with E-state index in [0.717, 1.165) is 18.5 Å². The molecular formula is C14H22N2O. The van der Waals surface area contributed by atoms with Crippen LogP contribution in [0, 0.1) is 6.92 Å². The predicted molar refractivity (Wildman–Crippen MR) is 71.3 cm³/mol. The molecule has 1 rings (SSSR count). The summed E-state index contributed by atoms with van der Waals surface area (Å²) in [5.74, 6) is -0.00375. The van der Waals surface area contributed by atoms with Gasteiger partial charge in [-0.2, -0.15) is 0 Å². The van der Waals surface area contributed by atoms with Crippen molar-refractivity contribution < 1.29 is 4.79 Å². The first kappa shape index (κ1) is 13.7. The largest absolute Gasteiger partial charge is 0.351 e. The molecule has 1 aromatic rings. The number of amides is 1. The third-order valence-electron chi connectivity index (χ3n) is 2.83. The van der Waals surface area contributed by atoms with Gasteiger partial charge in [-0.15, -0.1) is 0 Å². The van der Waals surface area contributed by atoms with E-state index in [-0.39, 0.29) is 5.91 Å². The minimum Gasteiger partial charge on any atom is -0.351 e. The topological polar surface area (TPSA) is 41.1 Å². The van der Waals surface area contributed by atoms with Gasteiger partial charge >= 0.3 is 0 Å². The van der Waals surface area contributed by atoms with Gasteiger partial charge in [0.1, 0.15) is 0 Å². The summed E-state index contributed by atoms with van der Waals surface area (Å²) in [6, 6.07) is 8.12. The van der Waals surface area contributed by atoms with Crippen LogP contribution in [-0.2, 0) is 0 Å². The summed E-state index contributed by atoms with van der Waals surface area (Å²) in [4.78, 5) is 11.7. The Hall–Kier alpha value is -1.35. The number of hydrogen-bond acceptors (Lipinski definition) is 2. The van der Waals surface area contributed by atoms with Crippen molar-refractivity contribution >= 4 is 5.91 Å². The number of rotatable bonds is 6. The normalized spacial score (nSPS) is 12.2. The van der Waals surface area contributed by atoms with Crippen molar-refractivity contribution in [2.24, 2.45) is 0 Å². The van der Waals surface area contributed by atoms with Crippen molar-refractivity contribution in [2.75, 3.05) is 13.1 Å². The lowest BCUT2D eigenvalue weighted by molar-refractivity contribution is 0.0953. The second-order valence-corrected chi connectivity index (χ2v) is 4.39. The van der Waals surface area contributed by atoms with Crippen molar-refractivity contribution in [1.29, 1.82) is 0 Å². The predicted octanol–water partition coefficient (Wildman–Crippen LogP) is 2.11. The van der Waals surface area contributed by atoms with Gasteiger partial charge in [-0.3, -0.25) is 4.79 Å². The Balaban J connectivity index is 2.28. The maximum atomic E-state index is 11.7. The monoisotopic (exact) mass is 234 g/mol. The standard InChI is InChI=1S/C14H22N2O/c1-4-12(3)15-9-10-16-14(17)13-7-5-11(2)6-8-13/h5-8,12,15H,4,9-10H2,1-3H3,(H,16,17). The van der Waals surface area contributed by atoms with Gasteiger partial charge in [-0.1, -0.05) is 24.6 Å². The zero-order chi connectivity index (χ0) is 12.7. The van der Waals surface area contributed by atoms with E-state index >= 15 is 0 Å². The van der Waals surface area contributed by atoms with E-state index in [1.165, 1.54) is 5.56 Å². The summed E-state index contributed by atoms with van der Waals surface area (Å²) in [5, 5.41) is 6.23. The number of benzene rings is 1. The lowest BCUT2D eigenvalue weighted by Gasteiger charge is -2.11. The zero-order valence-electron chi connectivity index (χ0n) is 10.9. The van der Waals surface area contributed by atoms with Gasteiger partial charge < -0.3 is 10.6 Å². The molecule has 0 bridgehead atoms. The molecule has 17 heavy (non-hydrogen) atoms. The summed E-state index contributed by atoms with van der Waals surface area (Å²) in [5.41, 5.74) is 1.89. The number of carbonyl (C=O) groups is 1. The average Bonchev–Trinajstić information content (AvgIpc) is 2.34. The fraction of sp³-hybridized carbons (Fsp3) is 0.500. The second kappa shape index (κ2) is 7.07. The molecule has 0 aliphatic carbocycles. The Labute approximate surface area is 104 Å². The molecule has 0 aromatic heterocycles. The molecule has 1 amide bonds. The molecule has 1 atom stereocenters. The molecule has 3 nitrogen and oxygen atoms in total. The van der Waals surface area contributed by atoms with Crippen molar-refractivity contribution in [3.8, 4) is 0 Å². The zero-order valence-corrected chi connectivity index (χ0v) is 10.9. The van der Waals surface area contributed by atoms with E-state index in [9.17, 15) is 4.79 Å². The van der Waals surface area contributed by atoms with Crippen LogP contribution >= 0.6 is 0 Å². The molecule has 0 saturated carbocycles. The molecule has 94 valence electrons. The molecule has 1 unspecified atom stereocenters. The van der Waals surface area contributed by atoms with Gasteiger partial charge in [0, 0.05) is 24.7 Å². The van der Waals surface area contributed by atoms with Gasteiger partial charge in [-0.05, 0) is 32.4 Å². The lowest BCUT2D eigenvalue weighted by Crippen LogP contribution is -2.35. The van der Waals surface area contributed by atoms with Gasteiger partial charge in [0.25, 0.3) is 5.91 Å². The molecule has 0 heterocycles. The van der Waals surface area contributed by atoms with Crippen molar-refractivity contribution in [1.82, 2.24) is 10.6 Å². The maximum Gasteiger partial charge on any atom is 0.251 e. The summed E-state index contributed by atoms with van der Waals surface area (Å²) >= 11 is 0. The highest BCUT2D eigenvalue weighted by atomic mass is 16.1. The molecule has 0 saturated heterocycles. The van der Waals surface area contributed by atoms with E-state index in [0.29, 0.717) is 12.6 Å². The Bertz CT molecular complexity index is 346. The van der Waals surface area contributed by atoms with E-state index in [2.05, 4.69) is 24.5 Å². The Morgan fingerprint density at radius 1 is 1.24 bits per heavy atom. The molecule has 0 aliphatic heterocycles. The summed E-state index contributed by atoms with van der Waals surface area (Å²) in [6.45, 7) is 7.77. The SMILES string of the molecule is CCC(C)NCCNC(=O)c1ccc(C)cc1. The fourth-order valence-corrected chi connectivity index (χ4v) is 1.45. The van der Waals surface area contributed by atoms with E-state index in [1.54, 1.807) is 0 Å². The van der Waals surface area contributed by atoms with Gasteiger partial charge in [0.05, 0.1) is 0 Å². The summed E-state index contributed by atoms with van der Waals surface area (Å²) < 4.78 is 0. The van der Waals surface area contributed by atoms with Crippen LogP contribution in [0.15, 0.2) is 24.3 Å². The molecular weight excluding hydrogens is 212 g/mol. The minimum atomic E-state index is -0.00375. The smallest absolute Gasteiger partial charge is 0.251 e. The van der Waals surface area contributed by atoms with Crippen LogP contribution < -0.4 is 10.6 Å². The molecule has 1 aromatic carbocycles. The maximum absolute atomic E-state index is 11.7. The highest BCUT2D eigenvalue weighted by Gasteiger charge is 2.03. The van der Waals surface area contributed by atoms with Gasteiger partial charge in [0.2, 0.25) is 0 Å². The van der Waals surface area contributed by atoms with E-state index in [1.807, 2.05) is 31.2 Å². The molecule has 0 radical (unpaired) electrons. The summed E-state index contributed by atoms with van der Waals surface area (Å²) in [7, 11) is 0. The van der Waals surface area contributed by atoms with Crippen LogP contribution in [-0.4, -0.2) is 25.0 Å². The Morgan fingerprint density at radius 3 is 2.47 bits per heavy atom. The number of carbonyl (C=O) groups excluding carboxylic acids is 1. The first-order valence-corrected chi connectivity index (χ1v) is 6.21. The molecule has 0 fully saturated rings. The third-order valence-corrected chi connectivity index (χ3v) is 2.83. The molecule has 2 N–H and O–H groups in total. The van der Waals surface area contributed by atoms with Gasteiger partial charge in [0.15, 0.2) is 0 Å². The summed E-state index contributed by atoms with van der Waals surface area (Å²) in [6.07, 6.45) is 1.10. The Kier molecular flexibility index (Phi) is 5.70.